The van der Waals surface area contributed by atoms with Crippen molar-refractivity contribution in [3.8, 4) is 0 Å². The molecule has 0 aliphatic carbocycles. The Hall–Kier alpha value is -1.20. The first kappa shape index (κ1) is 14.9. The third-order valence-electron chi connectivity index (χ3n) is 2.43. The Balaban J connectivity index is 2.86. The fourth-order valence-corrected chi connectivity index (χ4v) is 1.52. The van der Waals surface area contributed by atoms with Crippen molar-refractivity contribution in [1.82, 2.24) is 5.32 Å². The van der Waals surface area contributed by atoms with Crippen LogP contribution < -0.4 is 5.32 Å². The molecule has 0 heterocycles. The van der Waals surface area contributed by atoms with Crippen molar-refractivity contribution in [2.75, 3.05) is 6.61 Å². The highest BCUT2D eigenvalue weighted by molar-refractivity contribution is 6.30. The number of amides is 1. The van der Waals surface area contributed by atoms with Crippen LogP contribution in [0.3, 0.4) is 0 Å². The summed E-state index contributed by atoms with van der Waals surface area (Å²) in [5, 5.41) is 10.9. The summed E-state index contributed by atoms with van der Waals surface area (Å²) in [7, 11) is 0. The normalized spacial score (nSPS) is 14.1. The molecule has 1 aromatic rings. The van der Waals surface area contributed by atoms with Gasteiger partial charge in [-0.25, -0.2) is 8.78 Å². The largest absolute Gasteiger partial charge is 0.394 e. The number of benzene rings is 1. The summed E-state index contributed by atoms with van der Waals surface area (Å²) in [6.45, 7) is 1.26. The molecule has 2 N–H and O–H groups in total. The first-order valence-electron chi connectivity index (χ1n) is 5.49. The number of halogens is 3. The number of aliphatic hydroxyl groups is 1. The van der Waals surface area contributed by atoms with E-state index in [1.165, 1.54) is 0 Å². The lowest BCUT2D eigenvalue weighted by molar-refractivity contribution is -0.121. The zero-order valence-corrected chi connectivity index (χ0v) is 10.5. The van der Waals surface area contributed by atoms with Gasteiger partial charge in [0.2, 0.25) is 5.91 Å². The molecule has 100 valence electrons. The molecule has 0 radical (unpaired) electrons. The highest BCUT2D eigenvalue weighted by Gasteiger charge is 2.19. The Kier molecular flexibility index (Phi) is 5.50. The number of alkyl halides is 1. The highest BCUT2D eigenvalue weighted by Crippen LogP contribution is 2.17. The molecule has 0 aromatic heterocycles. The summed E-state index contributed by atoms with van der Waals surface area (Å²) in [5.74, 6) is -2.02. The smallest absolute Gasteiger partial charge is 0.238 e. The number of rotatable bonds is 5. The summed E-state index contributed by atoms with van der Waals surface area (Å²) in [6.07, 6.45) is 0.420. The van der Waals surface area contributed by atoms with Gasteiger partial charge in [-0.3, -0.25) is 4.79 Å². The van der Waals surface area contributed by atoms with Gasteiger partial charge >= 0.3 is 0 Å². The van der Waals surface area contributed by atoms with Gasteiger partial charge in [0.15, 0.2) is 0 Å². The maximum Gasteiger partial charge on any atom is 0.238 e. The van der Waals surface area contributed by atoms with E-state index in [1.54, 1.807) is 6.92 Å². The van der Waals surface area contributed by atoms with E-state index in [-0.39, 0.29) is 5.56 Å². The minimum absolute atomic E-state index is 0.156. The number of nitrogens with one attached hydrogen (secondary N) is 1. The molecule has 18 heavy (non-hydrogen) atoms. The van der Waals surface area contributed by atoms with Gasteiger partial charge in [0.1, 0.15) is 17.0 Å². The van der Waals surface area contributed by atoms with Crippen LogP contribution in [0.4, 0.5) is 8.78 Å². The molecular formula is C12H14ClF2NO2. The summed E-state index contributed by atoms with van der Waals surface area (Å²) in [4.78, 5) is 11.5. The quantitative estimate of drug-likeness (QED) is 0.810. The van der Waals surface area contributed by atoms with E-state index in [0.29, 0.717) is 6.42 Å². The van der Waals surface area contributed by atoms with Gasteiger partial charge in [-0.1, -0.05) is 6.92 Å². The SMILES string of the molecule is CCC(Cl)C(=O)NC(CO)c1cc(F)cc(F)c1. The zero-order chi connectivity index (χ0) is 13.7. The fourth-order valence-electron chi connectivity index (χ4n) is 1.46. The van der Waals surface area contributed by atoms with Gasteiger partial charge in [0.25, 0.3) is 0 Å². The minimum Gasteiger partial charge on any atom is -0.394 e. The van der Waals surface area contributed by atoms with E-state index < -0.39 is 35.6 Å². The summed E-state index contributed by atoms with van der Waals surface area (Å²) in [5.41, 5.74) is 0.156. The molecule has 0 saturated carbocycles. The molecule has 0 fully saturated rings. The Labute approximate surface area is 109 Å². The average Bonchev–Trinajstić information content (AvgIpc) is 2.33. The second kappa shape index (κ2) is 6.66. The molecule has 1 aromatic carbocycles. The number of carbonyl (C=O) groups excluding carboxylic acids is 1. The van der Waals surface area contributed by atoms with Crippen LogP contribution in [0, 0.1) is 11.6 Å². The van der Waals surface area contributed by atoms with Gasteiger partial charge < -0.3 is 10.4 Å². The van der Waals surface area contributed by atoms with Gasteiger partial charge in [-0.05, 0) is 24.1 Å². The van der Waals surface area contributed by atoms with E-state index >= 15 is 0 Å². The summed E-state index contributed by atoms with van der Waals surface area (Å²) in [6, 6.07) is 1.95. The van der Waals surface area contributed by atoms with Gasteiger partial charge in [0, 0.05) is 6.07 Å². The van der Waals surface area contributed by atoms with Crippen LogP contribution in [0.5, 0.6) is 0 Å². The molecule has 0 saturated heterocycles. The lowest BCUT2D eigenvalue weighted by Gasteiger charge is -2.18. The molecule has 2 atom stereocenters. The summed E-state index contributed by atoms with van der Waals surface area (Å²) >= 11 is 5.72. The Morgan fingerprint density at radius 1 is 1.39 bits per heavy atom. The molecular weight excluding hydrogens is 264 g/mol. The molecule has 0 aliphatic heterocycles. The van der Waals surface area contributed by atoms with Gasteiger partial charge in [-0.15, -0.1) is 11.6 Å². The first-order chi connectivity index (χ1) is 8.47. The molecule has 0 bridgehead atoms. The Morgan fingerprint density at radius 2 is 1.94 bits per heavy atom. The first-order valence-corrected chi connectivity index (χ1v) is 5.92. The van der Waals surface area contributed by atoms with Crippen LogP contribution in [0.1, 0.15) is 24.9 Å². The van der Waals surface area contributed by atoms with Crippen LogP contribution in [-0.4, -0.2) is 23.0 Å². The topological polar surface area (TPSA) is 49.3 Å². The average molecular weight is 278 g/mol. The van der Waals surface area contributed by atoms with Crippen molar-refractivity contribution in [2.24, 2.45) is 0 Å². The van der Waals surface area contributed by atoms with Crippen LogP contribution >= 0.6 is 11.6 Å². The second-order valence-electron chi connectivity index (χ2n) is 3.82. The van der Waals surface area contributed by atoms with E-state index in [1.807, 2.05) is 0 Å². The maximum absolute atomic E-state index is 13.0. The van der Waals surface area contributed by atoms with Crippen molar-refractivity contribution in [3.05, 3.63) is 35.4 Å². The van der Waals surface area contributed by atoms with E-state index in [2.05, 4.69) is 5.32 Å². The molecule has 0 spiro atoms. The van der Waals surface area contributed by atoms with Gasteiger partial charge in [-0.2, -0.15) is 0 Å². The molecule has 1 amide bonds. The van der Waals surface area contributed by atoms with Crippen LogP contribution in [0.2, 0.25) is 0 Å². The fraction of sp³-hybridized carbons (Fsp3) is 0.417. The van der Waals surface area contributed by atoms with Crippen molar-refractivity contribution in [3.63, 3.8) is 0 Å². The van der Waals surface area contributed by atoms with E-state index in [0.717, 1.165) is 18.2 Å². The Bertz CT molecular complexity index is 408. The van der Waals surface area contributed by atoms with Crippen molar-refractivity contribution in [2.45, 2.75) is 24.8 Å². The minimum atomic E-state index is -0.879. The molecule has 0 aliphatic rings. The van der Waals surface area contributed by atoms with Gasteiger partial charge in [0.05, 0.1) is 12.6 Å². The second-order valence-corrected chi connectivity index (χ2v) is 4.35. The lowest BCUT2D eigenvalue weighted by atomic mass is 10.1. The standard InChI is InChI=1S/C12H14ClF2NO2/c1-2-10(13)12(18)16-11(6-17)7-3-8(14)5-9(15)4-7/h3-5,10-11,17H,2,6H2,1H3,(H,16,18). The maximum atomic E-state index is 13.0. The predicted molar refractivity (Wildman–Crippen MR) is 64.3 cm³/mol. The third kappa shape index (κ3) is 3.92. The predicted octanol–water partition coefficient (Wildman–Crippen LogP) is 2.13. The summed E-state index contributed by atoms with van der Waals surface area (Å²) < 4.78 is 26.1. The van der Waals surface area contributed by atoms with Crippen LogP contribution in [0.25, 0.3) is 0 Å². The molecule has 2 unspecified atom stereocenters. The number of hydrogen-bond acceptors (Lipinski definition) is 2. The highest BCUT2D eigenvalue weighted by atomic mass is 35.5. The van der Waals surface area contributed by atoms with E-state index in [9.17, 15) is 13.6 Å². The zero-order valence-electron chi connectivity index (χ0n) is 9.79. The molecule has 1 rings (SSSR count). The van der Waals surface area contributed by atoms with Crippen molar-refractivity contribution < 1.29 is 18.7 Å². The molecule has 3 nitrogen and oxygen atoms in total. The number of hydrogen-bond donors (Lipinski definition) is 2. The lowest BCUT2D eigenvalue weighted by Crippen LogP contribution is -2.36. The van der Waals surface area contributed by atoms with E-state index in [4.69, 9.17) is 16.7 Å². The Morgan fingerprint density at radius 3 is 2.39 bits per heavy atom. The third-order valence-corrected chi connectivity index (χ3v) is 2.94. The number of carbonyl (C=O) groups is 1. The monoisotopic (exact) mass is 277 g/mol. The van der Waals surface area contributed by atoms with Crippen LogP contribution in [0.15, 0.2) is 18.2 Å². The number of aliphatic hydroxyl groups excluding tert-OH is 1. The van der Waals surface area contributed by atoms with Crippen molar-refractivity contribution >= 4 is 17.5 Å². The van der Waals surface area contributed by atoms with Crippen LogP contribution in [-0.2, 0) is 4.79 Å². The molecule has 6 heteroatoms. The van der Waals surface area contributed by atoms with Crippen molar-refractivity contribution in [1.29, 1.82) is 0 Å².